The average Bonchev–Trinajstić information content (AvgIpc) is 3.68. The van der Waals surface area contributed by atoms with Crippen LogP contribution in [0.5, 0.6) is 23.0 Å². The van der Waals surface area contributed by atoms with Crippen LogP contribution in [0.4, 0.5) is 0 Å². The number of hydrogen-bond acceptors (Lipinski definition) is 5. The Morgan fingerprint density at radius 3 is 1.75 bits per heavy atom. The zero-order valence-corrected chi connectivity index (χ0v) is 34.0. The summed E-state index contributed by atoms with van der Waals surface area (Å²) < 4.78 is 13.8. The molecule has 12 rings (SSSR count). The Labute approximate surface area is 365 Å². The Hall–Kier alpha value is -8.41. The van der Waals surface area contributed by atoms with Crippen molar-refractivity contribution in [3.63, 3.8) is 0 Å². The quantitative estimate of drug-likeness (QED) is 0.161. The molecule has 0 saturated carbocycles. The third-order valence-electron chi connectivity index (χ3n) is 12.3. The molecule has 2 aliphatic rings. The lowest BCUT2D eigenvalue weighted by Gasteiger charge is -2.34. The van der Waals surface area contributed by atoms with Gasteiger partial charge in [-0.15, -0.1) is 0 Å². The van der Waals surface area contributed by atoms with Crippen molar-refractivity contribution in [2.75, 3.05) is 0 Å². The van der Waals surface area contributed by atoms with E-state index >= 15 is 0 Å². The third-order valence-corrected chi connectivity index (χ3v) is 12.3. The molecule has 0 spiro atoms. The van der Waals surface area contributed by atoms with Crippen molar-refractivity contribution < 1.29 is 9.47 Å². The van der Waals surface area contributed by atoms with Crippen LogP contribution in [0.1, 0.15) is 22.3 Å². The molecule has 0 saturated heterocycles. The van der Waals surface area contributed by atoms with Gasteiger partial charge >= 0.3 is 0 Å². The minimum Gasteiger partial charge on any atom is -0.449 e. The van der Waals surface area contributed by atoms with E-state index in [0.29, 0.717) is 28.8 Å². The summed E-state index contributed by atoms with van der Waals surface area (Å²) in [5, 5.41) is 0. The minimum atomic E-state index is -0.553. The molecule has 3 heterocycles. The Kier molecular flexibility index (Phi) is 8.64. The fourth-order valence-electron chi connectivity index (χ4n) is 9.51. The van der Waals surface area contributed by atoms with Crippen molar-refractivity contribution in [2.45, 2.75) is 5.41 Å². The number of hydrogen-bond donors (Lipinski definition) is 0. The second kappa shape index (κ2) is 14.9. The summed E-state index contributed by atoms with van der Waals surface area (Å²) in [7, 11) is 0. The summed E-state index contributed by atoms with van der Waals surface area (Å²) in [4.78, 5) is 15.0. The highest BCUT2D eigenvalue weighted by molar-refractivity contribution is 5.92. The van der Waals surface area contributed by atoms with Crippen LogP contribution in [0.3, 0.4) is 0 Å². The first-order valence-electron chi connectivity index (χ1n) is 21.2. The standard InChI is InChI=1S/C58H37N3O2/c1-4-17-38(18-5-1)50-37-51(61-57(60-50)41-20-16-19-40(35-41)49-29-14-15-34-59-49)45-26-11-10-25-44(45)39-30-32-52-54(36-39)63-56-53(62-52)33-31-48-55(56)46-27-12-13-28-47(46)58(48,42-21-6-2-7-22-42)43-23-8-3-9-24-43/h1-37H. The predicted octanol–water partition coefficient (Wildman–Crippen LogP) is 14.5. The summed E-state index contributed by atoms with van der Waals surface area (Å²) in [6.45, 7) is 0. The van der Waals surface area contributed by atoms with Gasteiger partial charge in [-0.2, -0.15) is 0 Å². The van der Waals surface area contributed by atoms with E-state index in [-0.39, 0.29) is 0 Å². The van der Waals surface area contributed by atoms with Crippen LogP contribution >= 0.6 is 0 Å². The molecule has 5 heteroatoms. The number of benzene rings is 8. The van der Waals surface area contributed by atoms with Gasteiger partial charge in [0.15, 0.2) is 28.8 Å². The third kappa shape index (κ3) is 6.05. The first kappa shape index (κ1) is 36.4. The topological polar surface area (TPSA) is 57.1 Å². The molecule has 10 aromatic rings. The fraction of sp³-hybridized carbons (Fsp3) is 0.0172. The summed E-state index contributed by atoms with van der Waals surface area (Å²) in [5.41, 5.74) is 14.8. The first-order chi connectivity index (χ1) is 31.2. The molecule has 0 amide bonds. The zero-order valence-electron chi connectivity index (χ0n) is 34.0. The highest BCUT2D eigenvalue weighted by Gasteiger charge is 2.48. The number of pyridine rings is 1. The highest BCUT2D eigenvalue weighted by Crippen LogP contribution is 2.62. The molecular weight excluding hydrogens is 771 g/mol. The predicted molar refractivity (Wildman–Crippen MR) is 251 cm³/mol. The smallest absolute Gasteiger partial charge is 0.178 e. The molecule has 0 fully saturated rings. The van der Waals surface area contributed by atoms with Gasteiger partial charge in [0.2, 0.25) is 0 Å². The monoisotopic (exact) mass is 807 g/mol. The van der Waals surface area contributed by atoms with Gasteiger partial charge in [0.1, 0.15) is 0 Å². The van der Waals surface area contributed by atoms with Crippen molar-refractivity contribution in [3.05, 3.63) is 247 Å². The number of aromatic nitrogens is 3. The molecule has 63 heavy (non-hydrogen) atoms. The van der Waals surface area contributed by atoms with Crippen molar-refractivity contribution in [1.29, 1.82) is 0 Å². The molecular formula is C58H37N3O2. The molecule has 2 aromatic heterocycles. The maximum atomic E-state index is 7.10. The minimum absolute atomic E-state index is 0.553. The van der Waals surface area contributed by atoms with Gasteiger partial charge in [-0.3, -0.25) is 4.98 Å². The van der Waals surface area contributed by atoms with E-state index in [9.17, 15) is 0 Å². The molecule has 1 aliphatic carbocycles. The zero-order chi connectivity index (χ0) is 41.7. The number of nitrogens with zero attached hydrogens (tertiary/aromatic N) is 3. The van der Waals surface area contributed by atoms with Gasteiger partial charge in [-0.05, 0) is 81.4 Å². The van der Waals surface area contributed by atoms with Crippen LogP contribution in [-0.2, 0) is 5.41 Å². The van der Waals surface area contributed by atoms with Crippen LogP contribution in [0.15, 0.2) is 225 Å². The summed E-state index contributed by atoms with van der Waals surface area (Å²) in [6.07, 6.45) is 1.81. The van der Waals surface area contributed by atoms with Crippen LogP contribution < -0.4 is 9.47 Å². The van der Waals surface area contributed by atoms with Gasteiger partial charge in [0.25, 0.3) is 0 Å². The van der Waals surface area contributed by atoms with Gasteiger partial charge in [-0.1, -0.05) is 176 Å². The van der Waals surface area contributed by atoms with E-state index in [1.165, 1.54) is 16.7 Å². The van der Waals surface area contributed by atoms with Crippen LogP contribution in [0.2, 0.25) is 0 Å². The summed E-state index contributed by atoms with van der Waals surface area (Å²) in [5.74, 6) is 3.35. The molecule has 5 nitrogen and oxygen atoms in total. The van der Waals surface area contributed by atoms with E-state index in [0.717, 1.165) is 67.2 Å². The number of ether oxygens (including phenoxy) is 2. The molecule has 1 aliphatic heterocycles. The maximum absolute atomic E-state index is 7.10. The van der Waals surface area contributed by atoms with E-state index in [2.05, 4.69) is 175 Å². The molecule has 296 valence electrons. The van der Waals surface area contributed by atoms with Crippen LogP contribution in [0, 0.1) is 0 Å². The summed E-state index contributed by atoms with van der Waals surface area (Å²) >= 11 is 0. The fourth-order valence-corrected chi connectivity index (χ4v) is 9.51. The molecule has 0 atom stereocenters. The molecule has 8 aromatic carbocycles. The molecule has 0 unspecified atom stereocenters. The average molecular weight is 808 g/mol. The largest absolute Gasteiger partial charge is 0.449 e. The lowest BCUT2D eigenvalue weighted by atomic mass is 9.68. The Balaban J connectivity index is 0.980. The number of rotatable bonds is 7. The van der Waals surface area contributed by atoms with Crippen molar-refractivity contribution in [3.8, 4) is 90.4 Å². The van der Waals surface area contributed by atoms with E-state index in [4.69, 9.17) is 19.4 Å². The molecule has 0 bridgehead atoms. The van der Waals surface area contributed by atoms with Gasteiger partial charge in [-0.25, -0.2) is 9.97 Å². The van der Waals surface area contributed by atoms with Crippen LogP contribution in [0.25, 0.3) is 67.4 Å². The maximum Gasteiger partial charge on any atom is 0.178 e. The molecule has 0 radical (unpaired) electrons. The second-order valence-electron chi connectivity index (χ2n) is 15.9. The second-order valence-corrected chi connectivity index (χ2v) is 15.9. The lowest BCUT2D eigenvalue weighted by Crippen LogP contribution is -2.28. The van der Waals surface area contributed by atoms with Crippen molar-refractivity contribution >= 4 is 0 Å². The van der Waals surface area contributed by atoms with Crippen molar-refractivity contribution in [1.82, 2.24) is 15.0 Å². The molecule has 0 N–H and O–H groups in total. The Morgan fingerprint density at radius 1 is 0.349 bits per heavy atom. The van der Waals surface area contributed by atoms with Crippen molar-refractivity contribution in [2.24, 2.45) is 0 Å². The lowest BCUT2D eigenvalue weighted by molar-refractivity contribution is 0.360. The number of fused-ring (bicyclic) bond motifs is 6. The summed E-state index contributed by atoms with van der Waals surface area (Å²) in [6, 6.07) is 75.8. The van der Waals surface area contributed by atoms with E-state index < -0.39 is 5.41 Å². The van der Waals surface area contributed by atoms with Gasteiger partial charge < -0.3 is 9.47 Å². The highest BCUT2D eigenvalue weighted by atomic mass is 16.6. The SMILES string of the molecule is c1ccc(-c2cc(-c3ccccc3-c3ccc4c(c3)Oc3c(ccc5c3-c3ccccc3C5(c3ccccc3)c3ccccc3)O4)nc(-c3cccc(-c4ccccn4)c3)n2)cc1. The first-order valence-corrected chi connectivity index (χ1v) is 21.2. The Bertz CT molecular complexity index is 3300. The van der Waals surface area contributed by atoms with E-state index in [1.807, 2.05) is 54.7 Å². The van der Waals surface area contributed by atoms with Crippen LogP contribution in [-0.4, -0.2) is 15.0 Å². The normalized spacial score (nSPS) is 12.8. The van der Waals surface area contributed by atoms with Gasteiger partial charge in [0.05, 0.1) is 22.5 Å². The van der Waals surface area contributed by atoms with E-state index in [1.54, 1.807) is 0 Å². The van der Waals surface area contributed by atoms with Gasteiger partial charge in [0, 0.05) is 34.0 Å². The Morgan fingerprint density at radius 2 is 0.984 bits per heavy atom.